The third-order valence-electron chi connectivity index (χ3n) is 4.11. The topological polar surface area (TPSA) is 49.4 Å². The first-order chi connectivity index (χ1) is 13.5. The maximum absolute atomic E-state index is 13.1. The molecule has 4 nitrogen and oxygen atoms in total. The zero-order chi connectivity index (χ0) is 21.6. The molecule has 0 aromatic heterocycles. The largest absolute Gasteiger partial charge is 0.350 e. The van der Waals surface area contributed by atoms with Gasteiger partial charge in [-0.25, -0.2) is 0 Å². The monoisotopic (exact) mass is 496 g/mol. The number of thioether (sulfide) groups is 1. The van der Waals surface area contributed by atoms with Gasteiger partial charge in [0.05, 0.1) is 5.75 Å². The van der Waals surface area contributed by atoms with E-state index in [1.54, 1.807) is 24.0 Å². The molecule has 29 heavy (non-hydrogen) atoms. The Morgan fingerprint density at radius 3 is 2.24 bits per heavy atom. The molecule has 1 N–H and O–H groups in total. The molecule has 2 aromatic rings. The Bertz CT molecular complexity index is 835. The number of carbonyl (C=O) groups excluding carboxylic acids is 2. The van der Waals surface area contributed by atoms with Crippen LogP contribution in [0.25, 0.3) is 0 Å². The van der Waals surface area contributed by atoms with Gasteiger partial charge in [0.2, 0.25) is 11.8 Å². The Morgan fingerprint density at radius 1 is 1.10 bits per heavy atom. The fourth-order valence-electron chi connectivity index (χ4n) is 2.60. The number of rotatable bonds is 7. The second-order valence-electron chi connectivity index (χ2n) is 7.81. The smallest absolute Gasteiger partial charge is 0.242 e. The summed E-state index contributed by atoms with van der Waals surface area (Å²) in [6.45, 7) is 7.91. The van der Waals surface area contributed by atoms with Crippen molar-refractivity contribution in [3.63, 3.8) is 0 Å². The fourth-order valence-corrected chi connectivity index (χ4v) is 3.78. The van der Waals surface area contributed by atoms with Gasteiger partial charge in [0.1, 0.15) is 6.04 Å². The lowest BCUT2D eigenvalue weighted by atomic mass is 10.1. The normalized spacial score (nSPS) is 12.3. The first kappa shape index (κ1) is 23.8. The number of nitrogens with one attached hydrogen (secondary N) is 1. The fraction of sp³-hybridized carbons (Fsp3) is 0.364. The van der Waals surface area contributed by atoms with Crippen LogP contribution in [0.2, 0.25) is 5.02 Å². The molecule has 2 rings (SSSR count). The summed E-state index contributed by atoms with van der Waals surface area (Å²) in [6.07, 6.45) is 0. The number of carbonyl (C=O) groups is 2. The molecule has 2 aromatic carbocycles. The number of nitrogens with zero attached hydrogens (tertiary/aromatic N) is 1. The molecule has 0 unspecified atom stereocenters. The van der Waals surface area contributed by atoms with Crippen LogP contribution in [0.5, 0.6) is 0 Å². The SMILES string of the molecule is C[C@H](C(=O)NC(C)(C)C)N(Cc1ccc(Br)cc1)C(=O)CSc1ccc(Cl)cc1. The first-order valence-electron chi connectivity index (χ1n) is 9.29. The average molecular weight is 498 g/mol. The molecular weight excluding hydrogens is 472 g/mol. The van der Waals surface area contributed by atoms with Gasteiger partial charge in [-0.15, -0.1) is 11.8 Å². The van der Waals surface area contributed by atoms with Crippen molar-refractivity contribution in [2.45, 2.75) is 50.7 Å². The Hall–Kier alpha value is -1.50. The Morgan fingerprint density at radius 2 is 1.69 bits per heavy atom. The second kappa shape index (κ2) is 10.5. The van der Waals surface area contributed by atoms with Gasteiger partial charge in [-0.05, 0) is 69.7 Å². The number of hydrogen-bond donors (Lipinski definition) is 1. The lowest BCUT2D eigenvalue weighted by Crippen LogP contribution is -2.52. The second-order valence-corrected chi connectivity index (χ2v) is 10.2. The van der Waals surface area contributed by atoms with Crippen molar-refractivity contribution in [3.05, 3.63) is 63.6 Å². The van der Waals surface area contributed by atoms with E-state index in [4.69, 9.17) is 11.6 Å². The van der Waals surface area contributed by atoms with E-state index >= 15 is 0 Å². The van der Waals surface area contributed by atoms with Crippen molar-refractivity contribution < 1.29 is 9.59 Å². The van der Waals surface area contributed by atoms with E-state index < -0.39 is 6.04 Å². The summed E-state index contributed by atoms with van der Waals surface area (Å²) in [4.78, 5) is 28.4. The Kier molecular flexibility index (Phi) is 8.61. The van der Waals surface area contributed by atoms with Gasteiger partial charge in [0.15, 0.2) is 0 Å². The third kappa shape index (κ3) is 8.03. The molecule has 0 fully saturated rings. The van der Waals surface area contributed by atoms with E-state index in [0.717, 1.165) is 14.9 Å². The van der Waals surface area contributed by atoms with Crippen LogP contribution in [0.1, 0.15) is 33.3 Å². The van der Waals surface area contributed by atoms with Crippen molar-refractivity contribution in [3.8, 4) is 0 Å². The van der Waals surface area contributed by atoms with Gasteiger partial charge in [-0.3, -0.25) is 9.59 Å². The van der Waals surface area contributed by atoms with Gasteiger partial charge < -0.3 is 10.2 Å². The minimum atomic E-state index is -0.587. The van der Waals surface area contributed by atoms with Crippen molar-refractivity contribution in [2.24, 2.45) is 0 Å². The van der Waals surface area contributed by atoms with Crippen molar-refractivity contribution >= 4 is 51.1 Å². The van der Waals surface area contributed by atoms with Crippen LogP contribution in [-0.2, 0) is 16.1 Å². The molecule has 0 heterocycles. The molecule has 0 spiro atoms. The maximum Gasteiger partial charge on any atom is 0.242 e. The summed E-state index contributed by atoms with van der Waals surface area (Å²) in [7, 11) is 0. The molecule has 1 atom stereocenters. The number of halogens is 2. The lowest BCUT2D eigenvalue weighted by molar-refractivity contribution is -0.139. The molecule has 0 saturated carbocycles. The highest BCUT2D eigenvalue weighted by Crippen LogP contribution is 2.22. The van der Waals surface area contributed by atoms with Crippen molar-refractivity contribution in [2.75, 3.05) is 5.75 Å². The summed E-state index contributed by atoms with van der Waals surface area (Å²) in [5, 5.41) is 3.62. The molecule has 0 aliphatic carbocycles. The molecule has 7 heteroatoms. The van der Waals surface area contributed by atoms with E-state index in [9.17, 15) is 9.59 Å². The van der Waals surface area contributed by atoms with Crippen LogP contribution in [0.3, 0.4) is 0 Å². The van der Waals surface area contributed by atoms with Gasteiger partial charge in [-0.1, -0.05) is 39.7 Å². The van der Waals surface area contributed by atoms with Gasteiger partial charge >= 0.3 is 0 Å². The van der Waals surface area contributed by atoms with E-state index in [0.29, 0.717) is 11.6 Å². The summed E-state index contributed by atoms with van der Waals surface area (Å²) in [5.41, 5.74) is 0.601. The highest BCUT2D eigenvalue weighted by Gasteiger charge is 2.28. The Labute approximate surface area is 190 Å². The Balaban J connectivity index is 2.15. The molecule has 0 saturated heterocycles. The predicted octanol–water partition coefficient (Wildman–Crippen LogP) is 5.53. The van der Waals surface area contributed by atoms with Crippen molar-refractivity contribution in [1.29, 1.82) is 0 Å². The van der Waals surface area contributed by atoms with Gasteiger partial charge in [0, 0.05) is 26.5 Å². The molecule has 0 aliphatic heterocycles. The molecule has 2 amide bonds. The highest BCUT2D eigenvalue weighted by molar-refractivity contribution is 9.10. The van der Waals surface area contributed by atoms with Crippen LogP contribution < -0.4 is 5.32 Å². The number of hydrogen-bond acceptors (Lipinski definition) is 3. The van der Waals surface area contributed by atoms with Gasteiger partial charge in [-0.2, -0.15) is 0 Å². The summed E-state index contributed by atoms with van der Waals surface area (Å²) >= 11 is 10.8. The van der Waals surface area contributed by atoms with Crippen LogP contribution >= 0.6 is 39.3 Å². The zero-order valence-electron chi connectivity index (χ0n) is 17.0. The molecule has 156 valence electrons. The first-order valence-corrected chi connectivity index (χ1v) is 11.4. The number of benzene rings is 2. The van der Waals surface area contributed by atoms with Crippen LogP contribution in [0.15, 0.2) is 57.9 Å². The number of amides is 2. The van der Waals surface area contributed by atoms with Gasteiger partial charge in [0.25, 0.3) is 0 Å². The summed E-state index contributed by atoms with van der Waals surface area (Å²) < 4.78 is 0.968. The maximum atomic E-state index is 13.1. The zero-order valence-corrected chi connectivity index (χ0v) is 20.2. The lowest BCUT2D eigenvalue weighted by Gasteiger charge is -2.31. The minimum Gasteiger partial charge on any atom is -0.350 e. The van der Waals surface area contributed by atoms with Crippen LogP contribution in [-0.4, -0.2) is 34.0 Å². The predicted molar refractivity (Wildman–Crippen MR) is 124 cm³/mol. The third-order valence-corrected chi connectivity index (χ3v) is 5.89. The minimum absolute atomic E-state index is 0.0931. The van der Waals surface area contributed by atoms with Crippen molar-refractivity contribution in [1.82, 2.24) is 10.2 Å². The quantitative estimate of drug-likeness (QED) is 0.512. The van der Waals surface area contributed by atoms with Crippen LogP contribution in [0, 0.1) is 0 Å². The van der Waals surface area contributed by atoms with E-state index in [-0.39, 0.29) is 23.1 Å². The van der Waals surface area contributed by atoms with E-state index in [2.05, 4.69) is 21.2 Å². The summed E-state index contributed by atoms with van der Waals surface area (Å²) in [6, 6.07) is 14.5. The molecule has 0 bridgehead atoms. The average Bonchev–Trinajstić information content (AvgIpc) is 2.65. The van der Waals surface area contributed by atoms with Crippen LogP contribution in [0.4, 0.5) is 0 Å². The molecule has 0 aliphatic rings. The highest BCUT2D eigenvalue weighted by atomic mass is 79.9. The molecule has 0 radical (unpaired) electrons. The van der Waals surface area contributed by atoms with E-state index in [1.807, 2.05) is 57.2 Å². The summed E-state index contributed by atoms with van der Waals surface area (Å²) in [5.74, 6) is -0.0189. The molecular formula is C22H26BrClN2O2S. The van der Waals surface area contributed by atoms with E-state index in [1.165, 1.54) is 11.8 Å². The standard InChI is InChI=1S/C22H26BrClN2O2S/c1-15(21(28)25-22(2,3)4)26(13-16-5-7-17(23)8-6-16)20(27)14-29-19-11-9-18(24)10-12-19/h5-12,15H,13-14H2,1-4H3,(H,25,28)/t15-/m1/s1.